The number of methoxy groups -OCH3 is 1. The van der Waals surface area contributed by atoms with Crippen molar-refractivity contribution in [1.82, 2.24) is 5.32 Å². The number of hydrogen-bond donors (Lipinski definition) is 2. The maximum atomic E-state index is 5.86. The summed E-state index contributed by atoms with van der Waals surface area (Å²) in [6.07, 6.45) is 3.25. The Balaban J connectivity index is 0.00000242. The number of ether oxygens (including phenoxy) is 2. The topological polar surface area (TPSA) is 68.9 Å². The number of guanidine groups is 1. The molecule has 5 nitrogen and oxygen atoms in total. The molecule has 0 aliphatic carbocycles. The minimum atomic E-state index is 0. The third kappa shape index (κ3) is 5.92. The molecular formula is C15H23BrIN3O2. The summed E-state index contributed by atoms with van der Waals surface area (Å²) in [4.78, 5) is 4.32. The molecule has 1 aromatic rings. The standard InChI is InChI=1S/C15H22BrN3O2.HI/c1-20-14-11(4-2-6-13(14)16)7-8-18-15(17)19-10-12-5-3-9-21-12;/h2,4,6,12H,3,5,7-10H2,1H3,(H3,17,18,19);1H. The summed E-state index contributed by atoms with van der Waals surface area (Å²) in [7, 11) is 1.68. The van der Waals surface area contributed by atoms with E-state index in [4.69, 9.17) is 15.2 Å². The zero-order valence-electron chi connectivity index (χ0n) is 12.7. The summed E-state index contributed by atoms with van der Waals surface area (Å²) in [5.41, 5.74) is 6.99. The first-order valence-electron chi connectivity index (χ1n) is 7.17. The molecule has 7 heteroatoms. The van der Waals surface area contributed by atoms with E-state index in [0.29, 0.717) is 19.0 Å². The predicted octanol–water partition coefficient (Wildman–Crippen LogP) is 2.70. The molecular weight excluding hydrogens is 461 g/mol. The molecule has 1 saturated heterocycles. The van der Waals surface area contributed by atoms with Gasteiger partial charge in [-0.3, -0.25) is 4.99 Å². The molecule has 1 heterocycles. The van der Waals surface area contributed by atoms with Gasteiger partial charge in [0.1, 0.15) is 5.75 Å². The fourth-order valence-electron chi connectivity index (χ4n) is 2.35. The van der Waals surface area contributed by atoms with Gasteiger partial charge in [0.25, 0.3) is 0 Å². The first kappa shape index (κ1) is 19.5. The van der Waals surface area contributed by atoms with Crippen LogP contribution in [0.3, 0.4) is 0 Å². The van der Waals surface area contributed by atoms with Crippen LogP contribution < -0.4 is 15.8 Å². The molecule has 22 heavy (non-hydrogen) atoms. The number of nitrogens with one attached hydrogen (secondary N) is 1. The van der Waals surface area contributed by atoms with E-state index in [2.05, 4.69) is 26.2 Å². The SMILES string of the molecule is COc1c(Br)cccc1CCNC(N)=NCC1CCCO1.I. The summed E-state index contributed by atoms with van der Waals surface area (Å²) in [5.74, 6) is 1.34. The molecule has 0 radical (unpaired) electrons. The Hall–Kier alpha value is -0.540. The van der Waals surface area contributed by atoms with Gasteiger partial charge in [0.15, 0.2) is 5.96 Å². The number of rotatable bonds is 6. The normalized spacial score (nSPS) is 17.9. The maximum Gasteiger partial charge on any atom is 0.188 e. The Morgan fingerprint density at radius 3 is 3.05 bits per heavy atom. The van der Waals surface area contributed by atoms with E-state index < -0.39 is 0 Å². The van der Waals surface area contributed by atoms with Gasteiger partial charge in [-0.05, 0) is 46.8 Å². The van der Waals surface area contributed by atoms with Crippen molar-refractivity contribution in [3.63, 3.8) is 0 Å². The Bertz CT molecular complexity index is 494. The molecule has 1 atom stereocenters. The van der Waals surface area contributed by atoms with E-state index in [1.807, 2.05) is 18.2 Å². The van der Waals surface area contributed by atoms with Gasteiger partial charge >= 0.3 is 0 Å². The minimum Gasteiger partial charge on any atom is -0.495 e. The highest BCUT2D eigenvalue weighted by Crippen LogP contribution is 2.28. The third-order valence-electron chi connectivity index (χ3n) is 3.44. The minimum absolute atomic E-state index is 0. The van der Waals surface area contributed by atoms with Crippen LogP contribution in [0.2, 0.25) is 0 Å². The zero-order valence-corrected chi connectivity index (χ0v) is 16.6. The van der Waals surface area contributed by atoms with Crippen molar-refractivity contribution >= 4 is 45.9 Å². The Kier molecular flexibility index (Phi) is 9.11. The van der Waals surface area contributed by atoms with Gasteiger partial charge < -0.3 is 20.5 Å². The molecule has 1 aliphatic heterocycles. The fraction of sp³-hybridized carbons (Fsp3) is 0.533. The van der Waals surface area contributed by atoms with Crippen LogP contribution in [-0.2, 0) is 11.2 Å². The van der Waals surface area contributed by atoms with Crippen LogP contribution in [0.1, 0.15) is 18.4 Å². The Morgan fingerprint density at radius 2 is 2.36 bits per heavy atom. The van der Waals surface area contributed by atoms with Gasteiger partial charge in [0.05, 0.1) is 24.2 Å². The highest BCUT2D eigenvalue weighted by Gasteiger charge is 2.14. The van der Waals surface area contributed by atoms with Crippen molar-refractivity contribution in [3.05, 3.63) is 28.2 Å². The van der Waals surface area contributed by atoms with Crippen LogP contribution in [-0.4, -0.2) is 38.9 Å². The number of nitrogens with two attached hydrogens (primary N) is 1. The van der Waals surface area contributed by atoms with Crippen molar-refractivity contribution in [3.8, 4) is 5.75 Å². The van der Waals surface area contributed by atoms with Gasteiger partial charge in [0.2, 0.25) is 0 Å². The molecule has 124 valence electrons. The highest BCUT2D eigenvalue weighted by atomic mass is 127. The van der Waals surface area contributed by atoms with Gasteiger partial charge in [-0.2, -0.15) is 0 Å². The van der Waals surface area contributed by atoms with E-state index in [9.17, 15) is 0 Å². The van der Waals surface area contributed by atoms with Crippen molar-refractivity contribution in [2.24, 2.45) is 10.7 Å². The monoisotopic (exact) mass is 483 g/mol. The maximum absolute atomic E-state index is 5.86. The summed E-state index contributed by atoms with van der Waals surface area (Å²) in [6, 6.07) is 6.01. The molecule has 1 unspecified atom stereocenters. The van der Waals surface area contributed by atoms with Crippen molar-refractivity contribution in [2.45, 2.75) is 25.4 Å². The molecule has 0 spiro atoms. The Morgan fingerprint density at radius 1 is 1.55 bits per heavy atom. The molecule has 0 amide bonds. The van der Waals surface area contributed by atoms with Gasteiger partial charge in [-0.1, -0.05) is 12.1 Å². The highest BCUT2D eigenvalue weighted by molar-refractivity contribution is 14.0. The lowest BCUT2D eigenvalue weighted by molar-refractivity contribution is 0.118. The van der Waals surface area contributed by atoms with Crippen LogP contribution >= 0.6 is 39.9 Å². The van der Waals surface area contributed by atoms with Crippen LogP contribution in [0.25, 0.3) is 0 Å². The number of benzene rings is 1. The number of hydrogen-bond acceptors (Lipinski definition) is 3. The van der Waals surface area contributed by atoms with Gasteiger partial charge in [0, 0.05) is 13.2 Å². The lowest BCUT2D eigenvalue weighted by Crippen LogP contribution is -2.34. The molecule has 1 aliphatic rings. The first-order chi connectivity index (χ1) is 10.2. The molecule has 0 aromatic heterocycles. The lowest BCUT2D eigenvalue weighted by Gasteiger charge is -2.11. The van der Waals surface area contributed by atoms with Gasteiger partial charge in [-0.25, -0.2) is 0 Å². The number of nitrogens with zero attached hydrogens (tertiary/aromatic N) is 1. The Labute approximate surface area is 157 Å². The third-order valence-corrected chi connectivity index (χ3v) is 4.07. The average Bonchev–Trinajstić information content (AvgIpc) is 2.99. The van der Waals surface area contributed by atoms with E-state index in [0.717, 1.165) is 41.7 Å². The molecule has 1 fully saturated rings. The second-order valence-electron chi connectivity index (χ2n) is 4.97. The average molecular weight is 484 g/mol. The smallest absolute Gasteiger partial charge is 0.188 e. The summed E-state index contributed by atoms with van der Waals surface area (Å²) < 4.78 is 11.9. The zero-order chi connectivity index (χ0) is 15.1. The predicted molar refractivity (Wildman–Crippen MR) is 103 cm³/mol. The van der Waals surface area contributed by atoms with Gasteiger partial charge in [-0.15, -0.1) is 24.0 Å². The first-order valence-corrected chi connectivity index (χ1v) is 7.96. The van der Waals surface area contributed by atoms with Crippen LogP contribution in [0.5, 0.6) is 5.75 Å². The molecule has 1 aromatic carbocycles. The summed E-state index contributed by atoms with van der Waals surface area (Å²) in [6.45, 7) is 2.20. The molecule has 2 rings (SSSR count). The number of halogens is 2. The van der Waals surface area contributed by atoms with Crippen molar-refractivity contribution < 1.29 is 9.47 Å². The summed E-state index contributed by atoms with van der Waals surface area (Å²) >= 11 is 3.48. The number of aliphatic imine (C=N–C) groups is 1. The van der Waals surface area contributed by atoms with Crippen molar-refractivity contribution in [2.75, 3.05) is 26.8 Å². The van der Waals surface area contributed by atoms with Crippen LogP contribution in [0, 0.1) is 0 Å². The lowest BCUT2D eigenvalue weighted by atomic mass is 10.1. The van der Waals surface area contributed by atoms with Crippen LogP contribution in [0.15, 0.2) is 27.7 Å². The fourth-order valence-corrected chi connectivity index (χ4v) is 2.92. The molecule has 0 bridgehead atoms. The van der Waals surface area contributed by atoms with Crippen LogP contribution in [0.4, 0.5) is 0 Å². The van der Waals surface area contributed by atoms with Crippen molar-refractivity contribution in [1.29, 1.82) is 0 Å². The molecule has 3 N–H and O–H groups in total. The van der Waals surface area contributed by atoms with E-state index in [1.165, 1.54) is 0 Å². The molecule has 0 saturated carbocycles. The summed E-state index contributed by atoms with van der Waals surface area (Å²) in [5, 5.41) is 3.13. The van der Waals surface area contributed by atoms with E-state index in [-0.39, 0.29) is 30.1 Å². The largest absolute Gasteiger partial charge is 0.495 e. The number of para-hydroxylation sites is 1. The second-order valence-corrected chi connectivity index (χ2v) is 5.82. The second kappa shape index (κ2) is 10.3. The van der Waals surface area contributed by atoms with E-state index in [1.54, 1.807) is 7.11 Å². The quantitative estimate of drug-likeness (QED) is 0.371. The van der Waals surface area contributed by atoms with E-state index >= 15 is 0 Å².